The van der Waals surface area contributed by atoms with Crippen LogP contribution < -0.4 is 10.6 Å². The van der Waals surface area contributed by atoms with E-state index in [9.17, 15) is 9.18 Å². The molecule has 1 aromatic heterocycles. The molecule has 27 heavy (non-hydrogen) atoms. The van der Waals surface area contributed by atoms with Gasteiger partial charge in [-0.1, -0.05) is 5.16 Å². The van der Waals surface area contributed by atoms with Gasteiger partial charge in [-0.3, -0.25) is 4.79 Å². The third-order valence-corrected chi connectivity index (χ3v) is 4.64. The zero-order valence-electron chi connectivity index (χ0n) is 15.2. The molecular formula is C19H26ClFN4O2. The number of benzene rings is 1. The average Bonchev–Trinajstić information content (AvgIpc) is 3.12. The second-order valence-corrected chi connectivity index (χ2v) is 6.72. The molecule has 0 saturated carbocycles. The number of carbonyl (C=O) groups excluding carboxylic acids is 1. The van der Waals surface area contributed by atoms with Crippen LogP contribution in [0.5, 0.6) is 0 Å². The van der Waals surface area contributed by atoms with Crippen LogP contribution in [-0.2, 0) is 11.2 Å². The molecule has 1 saturated heterocycles. The summed E-state index contributed by atoms with van der Waals surface area (Å²) in [5.41, 5.74) is 0.705. The Bertz CT molecular complexity index is 702. The molecule has 1 fully saturated rings. The molecule has 0 bridgehead atoms. The van der Waals surface area contributed by atoms with E-state index < -0.39 is 0 Å². The van der Waals surface area contributed by atoms with E-state index in [1.54, 1.807) is 12.1 Å². The number of hydrogen-bond acceptors (Lipinski definition) is 5. The molecule has 2 heterocycles. The van der Waals surface area contributed by atoms with Gasteiger partial charge >= 0.3 is 0 Å². The second-order valence-electron chi connectivity index (χ2n) is 6.72. The van der Waals surface area contributed by atoms with E-state index in [0.29, 0.717) is 42.5 Å². The molecule has 1 unspecified atom stereocenters. The summed E-state index contributed by atoms with van der Waals surface area (Å²) in [6, 6.07) is 5.94. The van der Waals surface area contributed by atoms with Gasteiger partial charge in [0.2, 0.25) is 17.6 Å². The van der Waals surface area contributed by atoms with Crippen molar-refractivity contribution in [2.24, 2.45) is 5.92 Å². The Morgan fingerprint density at radius 1 is 1.33 bits per heavy atom. The molecule has 1 amide bonds. The number of hydrogen-bond donors (Lipinski definition) is 2. The number of carbonyl (C=O) groups is 1. The van der Waals surface area contributed by atoms with Crippen LogP contribution in [0, 0.1) is 11.7 Å². The van der Waals surface area contributed by atoms with Crippen molar-refractivity contribution >= 4 is 18.3 Å². The Morgan fingerprint density at radius 3 is 2.89 bits per heavy atom. The third kappa shape index (κ3) is 6.92. The molecule has 2 N–H and O–H groups in total. The van der Waals surface area contributed by atoms with E-state index >= 15 is 0 Å². The number of nitrogens with one attached hydrogen (secondary N) is 2. The van der Waals surface area contributed by atoms with Crippen LogP contribution in [0.2, 0.25) is 0 Å². The molecule has 0 spiro atoms. The fourth-order valence-corrected chi connectivity index (χ4v) is 3.15. The fourth-order valence-electron chi connectivity index (χ4n) is 3.15. The SMILES string of the molecule is Cl.O=C(CCCc1nc(-c2ccc(F)cc2)no1)NCCC1CCCNC1. The van der Waals surface area contributed by atoms with Crippen LogP contribution in [0.4, 0.5) is 4.39 Å². The minimum absolute atomic E-state index is 0. The Morgan fingerprint density at radius 2 is 2.15 bits per heavy atom. The summed E-state index contributed by atoms with van der Waals surface area (Å²) in [6.45, 7) is 2.91. The van der Waals surface area contributed by atoms with Crippen LogP contribution in [0.3, 0.4) is 0 Å². The zero-order chi connectivity index (χ0) is 18.2. The number of halogens is 2. The molecule has 148 valence electrons. The summed E-state index contributed by atoms with van der Waals surface area (Å²) in [6.07, 6.45) is 5.15. The van der Waals surface area contributed by atoms with Gasteiger partial charge in [0, 0.05) is 24.9 Å². The third-order valence-electron chi connectivity index (χ3n) is 4.64. The van der Waals surface area contributed by atoms with Gasteiger partial charge in [0.05, 0.1) is 0 Å². The highest BCUT2D eigenvalue weighted by Gasteiger charge is 2.13. The number of piperidine rings is 1. The molecule has 1 aromatic carbocycles. The van der Waals surface area contributed by atoms with Gasteiger partial charge in [0.15, 0.2) is 0 Å². The molecule has 6 nitrogen and oxygen atoms in total. The first kappa shape index (κ1) is 21.3. The molecule has 0 radical (unpaired) electrons. The van der Waals surface area contributed by atoms with Gasteiger partial charge in [-0.05, 0) is 69.0 Å². The highest BCUT2D eigenvalue weighted by molar-refractivity contribution is 5.85. The lowest BCUT2D eigenvalue weighted by atomic mass is 9.96. The van der Waals surface area contributed by atoms with Gasteiger partial charge < -0.3 is 15.2 Å². The smallest absolute Gasteiger partial charge is 0.226 e. The number of aryl methyl sites for hydroxylation is 1. The minimum atomic E-state index is -0.303. The van der Waals surface area contributed by atoms with Gasteiger partial charge in [-0.2, -0.15) is 4.98 Å². The standard InChI is InChI=1S/C19H25FN4O2.ClH/c20-16-8-6-15(7-9-16)19-23-18(26-24-19)5-1-4-17(25)22-12-10-14-3-2-11-21-13-14;/h6-9,14,21H,1-5,10-13H2,(H,22,25);1H. The maximum absolute atomic E-state index is 12.9. The average molecular weight is 397 g/mol. The van der Waals surface area contributed by atoms with Crippen molar-refractivity contribution in [1.29, 1.82) is 0 Å². The first-order valence-corrected chi connectivity index (χ1v) is 9.26. The molecule has 0 aliphatic carbocycles. The van der Waals surface area contributed by atoms with Crippen LogP contribution >= 0.6 is 12.4 Å². The lowest BCUT2D eigenvalue weighted by Gasteiger charge is -2.22. The topological polar surface area (TPSA) is 80.0 Å². The number of rotatable bonds is 8. The second kappa shape index (κ2) is 11.0. The van der Waals surface area contributed by atoms with Crippen molar-refractivity contribution in [3.8, 4) is 11.4 Å². The largest absolute Gasteiger partial charge is 0.356 e. The molecular weight excluding hydrogens is 371 g/mol. The fraction of sp³-hybridized carbons (Fsp3) is 0.526. The monoisotopic (exact) mass is 396 g/mol. The summed E-state index contributed by atoms with van der Waals surface area (Å²) in [5.74, 6) is 1.36. The Hall–Kier alpha value is -1.99. The van der Waals surface area contributed by atoms with Crippen molar-refractivity contribution in [2.75, 3.05) is 19.6 Å². The minimum Gasteiger partial charge on any atom is -0.356 e. The van der Waals surface area contributed by atoms with Gasteiger partial charge in [-0.25, -0.2) is 4.39 Å². The van der Waals surface area contributed by atoms with Crippen LogP contribution in [0.1, 0.15) is 38.0 Å². The number of aromatic nitrogens is 2. The molecule has 1 aliphatic heterocycles. The normalized spacial score (nSPS) is 16.6. The van der Waals surface area contributed by atoms with Gasteiger partial charge in [-0.15, -0.1) is 12.4 Å². The van der Waals surface area contributed by atoms with E-state index in [2.05, 4.69) is 20.8 Å². The summed E-state index contributed by atoms with van der Waals surface area (Å²) in [5, 5.41) is 10.3. The van der Waals surface area contributed by atoms with Crippen LogP contribution in [-0.4, -0.2) is 35.7 Å². The Labute approximate surface area is 164 Å². The molecule has 2 aromatic rings. The van der Waals surface area contributed by atoms with E-state index in [0.717, 1.165) is 26.1 Å². The summed E-state index contributed by atoms with van der Waals surface area (Å²) in [7, 11) is 0. The maximum Gasteiger partial charge on any atom is 0.226 e. The predicted octanol–water partition coefficient (Wildman–Crippen LogP) is 3.13. The number of amides is 1. The zero-order valence-corrected chi connectivity index (χ0v) is 16.1. The quantitative estimate of drug-likeness (QED) is 0.716. The first-order valence-electron chi connectivity index (χ1n) is 9.26. The Balaban J connectivity index is 0.00000261. The van der Waals surface area contributed by atoms with Crippen molar-refractivity contribution in [3.05, 3.63) is 36.0 Å². The molecule has 1 aliphatic rings. The van der Waals surface area contributed by atoms with E-state index in [4.69, 9.17) is 4.52 Å². The highest BCUT2D eigenvalue weighted by Crippen LogP contribution is 2.17. The van der Waals surface area contributed by atoms with E-state index in [1.165, 1.54) is 25.0 Å². The van der Waals surface area contributed by atoms with E-state index in [1.807, 2.05) is 0 Å². The van der Waals surface area contributed by atoms with Crippen molar-refractivity contribution < 1.29 is 13.7 Å². The van der Waals surface area contributed by atoms with Crippen molar-refractivity contribution in [2.45, 2.75) is 38.5 Å². The lowest BCUT2D eigenvalue weighted by Crippen LogP contribution is -2.33. The van der Waals surface area contributed by atoms with E-state index in [-0.39, 0.29) is 24.1 Å². The number of nitrogens with zero attached hydrogens (tertiary/aromatic N) is 2. The summed E-state index contributed by atoms with van der Waals surface area (Å²) in [4.78, 5) is 16.2. The lowest BCUT2D eigenvalue weighted by molar-refractivity contribution is -0.121. The molecule has 3 rings (SSSR count). The predicted molar refractivity (Wildman–Crippen MR) is 103 cm³/mol. The summed E-state index contributed by atoms with van der Waals surface area (Å²) < 4.78 is 18.1. The van der Waals surface area contributed by atoms with Crippen LogP contribution in [0.25, 0.3) is 11.4 Å². The molecule has 8 heteroatoms. The summed E-state index contributed by atoms with van der Waals surface area (Å²) >= 11 is 0. The first-order chi connectivity index (χ1) is 12.7. The molecule has 1 atom stereocenters. The maximum atomic E-state index is 12.9. The van der Waals surface area contributed by atoms with Crippen LogP contribution in [0.15, 0.2) is 28.8 Å². The Kier molecular flexibility index (Phi) is 8.67. The highest BCUT2D eigenvalue weighted by atomic mass is 35.5. The van der Waals surface area contributed by atoms with Crippen molar-refractivity contribution in [3.63, 3.8) is 0 Å². The van der Waals surface area contributed by atoms with Gasteiger partial charge in [0.25, 0.3) is 0 Å². The van der Waals surface area contributed by atoms with Gasteiger partial charge in [0.1, 0.15) is 5.82 Å². The van der Waals surface area contributed by atoms with Crippen molar-refractivity contribution in [1.82, 2.24) is 20.8 Å².